The molecule has 0 spiro atoms. The van der Waals surface area contributed by atoms with Crippen molar-refractivity contribution in [1.82, 2.24) is 20.5 Å². The van der Waals surface area contributed by atoms with E-state index in [9.17, 15) is 9.18 Å². The third kappa shape index (κ3) is 4.11. The highest BCUT2D eigenvalue weighted by atomic mass is 19.1. The van der Waals surface area contributed by atoms with Crippen LogP contribution in [0, 0.1) is 5.82 Å². The lowest BCUT2D eigenvalue weighted by molar-refractivity contribution is 0.246. The van der Waals surface area contributed by atoms with Crippen molar-refractivity contribution in [3.63, 3.8) is 0 Å². The summed E-state index contributed by atoms with van der Waals surface area (Å²) in [4.78, 5) is 18.4. The van der Waals surface area contributed by atoms with Crippen molar-refractivity contribution >= 4 is 17.5 Å². The minimum absolute atomic E-state index is 0.0402. The summed E-state index contributed by atoms with van der Waals surface area (Å²) in [6.07, 6.45) is 5.28. The average Bonchev–Trinajstić information content (AvgIpc) is 3.21. The van der Waals surface area contributed by atoms with Gasteiger partial charge in [0.2, 0.25) is 0 Å². The lowest BCUT2D eigenvalue weighted by atomic mass is 10.1. The Morgan fingerprint density at radius 1 is 1.21 bits per heavy atom. The van der Waals surface area contributed by atoms with E-state index in [1.54, 1.807) is 24.5 Å². The van der Waals surface area contributed by atoms with Gasteiger partial charge in [-0.2, -0.15) is 5.10 Å². The van der Waals surface area contributed by atoms with Gasteiger partial charge in [0.1, 0.15) is 5.82 Å². The van der Waals surface area contributed by atoms with Crippen molar-refractivity contribution in [2.24, 2.45) is 0 Å². The molecule has 7 nitrogen and oxygen atoms in total. The Balaban J connectivity index is 1.37. The van der Waals surface area contributed by atoms with E-state index in [0.29, 0.717) is 6.54 Å². The van der Waals surface area contributed by atoms with Gasteiger partial charge in [-0.05, 0) is 37.1 Å². The number of hydrogen-bond donors (Lipinski definition) is 3. The zero-order chi connectivity index (χ0) is 19.3. The number of rotatable bonds is 4. The number of amides is 2. The van der Waals surface area contributed by atoms with Crippen LogP contribution in [0.3, 0.4) is 0 Å². The molecule has 1 aliphatic rings. The number of aromatic nitrogens is 3. The quantitative estimate of drug-likeness (QED) is 0.648. The number of H-pyrrole nitrogens is 1. The van der Waals surface area contributed by atoms with Crippen molar-refractivity contribution in [3.05, 3.63) is 60.7 Å². The van der Waals surface area contributed by atoms with E-state index in [4.69, 9.17) is 0 Å². The van der Waals surface area contributed by atoms with Crippen LogP contribution in [0.5, 0.6) is 0 Å². The van der Waals surface area contributed by atoms with Crippen LogP contribution < -0.4 is 15.5 Å². The van der Waals surface area contributed by atoms with Crippen molar-refractivity contribution in [1.29, 1.82) is 0 Å². The van der Waals surface area contributed by atoms with Gasteiger partial charge in [-0.25, -0.2) is 9.18 Å². The van der Waals surface area contributed by atoms with Gasteiger partial charge < -0.3 is 15.5 Å². The number of aromatic amines is 1. The molecule has 2 aromatic heterocycles. The standard InChI is InChI=1S/C20H21FN6O/c21-16-5-1-2-6-17(16)24-20(28)23-15-4-3-11-27(13-15)19-12-18(25-26-19)14-7-9-22-10-8-14/h1-2,5-10,12,15H,3-4,11,13H2,(H,25,26)(H2,23,24,28). The summed E-state index contributed by atoms with van der Waals surface area (Å²) in [5.74, 6) is 0.385. The molecule has 0 radical (unpaired) electrons. The van der Waals surface area contributed by atoms with E-state index in [-0.39, 0.29) is 11.7 Å². The molecule has 1 aliphatic heterocycles. The highest BCUT2D eigenvalue weighted by Gasteiger charge is 2.23. The molecule has 1 aromatic carbocycles. The number of urea groups is 1. The number of anilines is 2. The van der Waals surface area contributed by atoms with Crippen molar-refractivity contribution < 1.29 is 9.18 Å². The Labute approximate surface area is 162 Å². The molecule has 1 saturated heterocycles. The monoisotopic (exact) mass is 380 g/mol. The van der Waals surface area contributed by atoms with Crippen molar-refractivity contribution in [2.75, 3.05) is 23.3 Å². The second kappa shape index (κ2) is 8.08. The second-order valence-corrected chi connectivity index (χ2v) is 6.74. The summed E-state index contributed by atoms with van der Waals surface area (Å²) in [6.45, 7) is 1.51. The summed E-state index contributed by atoms with van der Waals surface area (Å²) in [5, 5.41) is 13.0. The molecule has 0 saturated carbocycles. The van der Waals surface area contributed by atoms with Gasteiger partial charge in [0, 0.05) is 43.2 Å². The lowest BCUT2D eigenvalue weighted by Gasteiger charge is -2.33. The Morgan fingerprint density at radius 2 is 2.04 bits per heavy atom. The Kier molecular flexibility index (Phi) is 5.18. The maximum Gasteiger partial charge on any atom is 0.319 e. The number of hydrogen-bond acceptors (Lipinski definition) is 4. The van der Waals surface area contributed by atoms with Crippen LogP contribution in [0.2, 0.25) is 0 Å². The van der Waals surface area contributed by atoms with E-state index in [2.05, 4.69) is 30.7 Å². The molecule has 1 unspecified atom stereocenters. The average molecular weight is 380 g/mol. The summed E-state index contributed by atoms with van der Waals surface area (Å²) >= 11 is 0. The number of nitrogens with one attached hydrogen (secondary N) is 3. The predicted molar refractivity (Wildman–Crippen MR) is 106 cm³/mol. The zero-order valence-electron chi connectivity index (χ0n) is 15.2. The lowest BCUT2D eigenvalue weighted by Crippen LogP contribution is -2.49. The van der Waals surface area contributed by atoms with Crippen LogP contribution >= 0.6 is 0 Å². The highest BCUT2D eigenvalue weighted by molar-refractivity contribution is 5.89. The van der Waals surface area contributed by atoms with E-state index in [0.717, 1.165) is 36.5 Å². The first-order chi connectivity index (χ1) is 13.7. The number of carbonyl (C=O) groups excluding carboxylic acids is 1. The fourth-order valence-corrected chi connectivity index (χ4v) is 3.36. The number of nitrogens with zero attached hydrogens (tertiary/aromatic N) is 3. The molecule has 0 bridgehead atoms. The van der Waals surface area contributed by atoms with Crippen LogP contribution in [0.4, 0.5) is 20.7 Å². The predicted octanol–water partition coefficient (Wildman–Crippen LogP) is 3.40. The Bertz CT molecular complexity index is 945. The van der Waals surface area contributed by atoms with Gasteiger partial charge in [-0.1, -0.05) is 12.1 Å². The third-order valence-electron chi connectivity index (χ3n) is 4.76. The van der Waals surface area contributed by atoms with Gasteiger partial charge >= 0.3 is 6.03 Å². The maximum absolute atomic E-state index is 13.7. The van der Waals surface area contributed by atoms with Crippen LogP contribution in [0.15, 0.2) is 54.9 Å². The number of piperidine rings is 1. The molecule has 1 fully saturated rings. The summed E-state index contributed by atoms with van der Waals surface area (Å²) in [6, 6.07) is 11.5. The Morgan fingerprint density at radius 3 is 2.86 bits per heavy atom. The van der Waals surface area contributed by atoms with Crippen LogP contribution in [0.25, 0.3) is 11.3 Å². The highest BCUT2D eigenvalue weighted by Crippen LogP contribution is 2.24. The first kappa shape index (κ1) is 18.0. The minimum atomic E-state index is -0.455. The molecule has 4 rings (SSSR count). The number of para-hydroxylation sites is 1. The van der Waals surface area contributed by atoms with E-state index in [1.165, 1.54) is 12.1 Å². The first-order valence-electron chi connectivity index (χ1n) is 9.22. The van der Waals surface area contributed by atoms with E-state index in [1.807, 2.05) is 18.2 Å². The number of halogens is 1. The van der Waals surface area contributed by atoms with Crippen LogP contribution in [0.1, 0.15) is 12.8 Å². The van der Waals surface area contributed by atoms with Gasteiger partial charge in [0.05, 0.1) is 11.4 Å². The van der Waals surface area contributed by atoms with Gasteiger partial charge in [0.25, 0.3) is 0 Å². The molecule has 28 heavy (non-hydrogen) atoms. The number of carbonyl (C=O) groups is 1. The molecule has 144 valence electrons. The Hall–Kier alpha value is -3.42. The molecule has 8 heteroatoms. The molecule has 3 N–H and O–H groups in total. The SMILES string of the molecule is O=C(Nc1ccccc1F)NC1CCCN(c2cc(-c3ccncc3)[nH]n2)C1. The van der Waals surface area contributed by atoms with Gasteiger partial charge in [-0.15, -0.1) is 0 Å². The molecular weight excluding hydrogens is 359 g/mol. The minimum Gasteiger partial charge on any atom is -0.353 e. The molecule has 3 aromatic rings. The van der Waals surface area contributed by atoms with Crippen molar-refractivity contribution in [3.8, 4) is 11.3 Å². The topological polar surface area (TPSA) is 85.9 Å². The number of benzene rings is 1. The smallest absolute Gasteiger partial charge is 0.319 e. The van der Waals surface area contributed by atoms with E-state index < -0.39 is 11.8 Å². The maximum atomic E-state index is 13.7. The molecular formula is C20H21FN6O. The summed E-state index contributed by atoms with van der Waals surface area (Å²) < 4.78 is 13.7. The largest absolute Gasteiger partial charge is 0.353 e. The van der Waals surface area contributed by atoms with Crippen LogP contribution in [-0.2, 0) is 0 Å². The summed E-state index contributed by atoms with van der Waals surface area (Å²) in [5.41, 5.74) is 2.11. The summed E-state index contributed by atoms with van der Waals surface area (Å²) in [7, 11) is 0. The van der Waals surface area contributed by atoms with E-state index >= 15 is 0 Å². The molecule has 1 atom stereocenters. The normalized spacial score (nSPS) is 16.6. The molecule has 2 amide bonds. The molecule has 0 aliphatic carbocycles. The zero-order valence-corrected chi connectivity index (χ0v) is 15.2. The van der Waals surface area contributed by atoms with Crippen LogP contribution in [-0.4, -0.2) is 40.3 Å². The third-order valence-corrected chi connectivity index (χ3v) is 4.76. The van der Waals surface area contributed by atoms with Crippen molar-refractivity contribution in [2.45, 2.75) is 18.9 Å². The van der Waals surface area contributed by atoms with Gasteiger partial charge in [0.15, 0.2) is 5.82 Å². The first-order valence-corrected chi connectivity index (χ1v) is 9.22. The van der Waals surface area contributed by atoms with Gasteiger partial charge in [-0.3, -0.25) is 10.1 Å². The fraction of sp³-hybridized carbons (Fsp3) is 0.250. The molecule has 3 heterocycles. The fourth-order valence-electron chi connectivity index (χ4n) is 3.36. The number of pyridine rings is 1. The second-order valence-electron chi connectivity index (χ2n) is 6.74.